The van der Waals surface area contributed by atoms with Gasteiger partial charge in [0, 0.05) is 5.92 Å². The molecule has 0 aromatic carbocycles. The summed E-state index contributed by atoms with van der Waals surface area (Å²) in [7, 11) is 0. The van der Waals surface area contributed by atoms with Gasteiger partial charge >= 0.3 is 5.97 Å². The molecule has 0 aromatic heterocycles. The first-order valence-electron chi connectivity index (χ1n) is 15.1. The molecule has 0 saturated heterocycles. The van der Waals surface area contributed by atoms with E-state index < -0.39 is 22.9 Å². The fraction of sp³-hybridized carbons (Fsp3) is 0.818. The summed E-state index contributed by atoms with van der Waals surface area (Å²) >= 11 is 0. The second-order valence-corrected chi connectivity index (χ2v) is 15.1. The minimum atomic E-state index is -1.13. The number of carbonyl (C=O) groups is 2. The predicted molar refractivity (Wildman–Crippen MR) is 148 cm³/mol. The second kappa shape index (κ2) is 8.94. The largest absolute Gasteiger partial charge is 0.481 e. The molecule has 4 fully saturated rings. The molecule has 0 amide bonds. The smallest absolute Gasteiger partial charge is 0.312 e. The molecule has 5 rings (SSSR count). The number of carbonyl (C=O) groups excluding carboxylic acids is 1. The van der Waals surface area contributed by atoms with E-state index in [1.54, 1.807) is 6.08 Å². The molecular formula is C33H50O5. The number of carboxylic acid groups (broad SMARTS) is 1. The summed E-state index contributed by atoms with van der Waals surface area (Å²) in [6.45, 7) is 18.0. The van der Waals surface area contributed by atoms with Gasteiger partial charge < -0.3 is 9.99 Å². The molecule has 0 spiro atoms. The van der Waals surface area contributed by atoms with Crippen molar-refractivity contribution >= 4 is 11.8 Å². The SMILES string of the molecule is C/C=C/OO[C@@H]1CC[C@@]2(C)C(CC[C@]3(C)C2C(=O)C=C2C4[C@@H](C)[C@H](C)CC[C@]4(C)CC[C@]23C)[C@@]1(C)C(=O)O. The Hall–Kier alpha value is -1.62. The van der Waals surface area contributed by atoms with Gasteiger partial charge in [0.25, 0.3) is 0 Å². The van der Waals surface area contributed by atoms with E-state index in [2.05, 4.69) is 47.6 Å². The van der Waals surface area contributed by atoms with Crippen molar-refractivity contribution in [2.24, 2.45) is 56.7 Å². The quantitative estimate of drug-likeness (QED) is 0.230. The molecule has 0 radical (unpaired) electrons. The van der Waals surface area contributed by atoms with Crippen molar-refractivity contribution in [2.75, 3.05) is 0 Å². The first kappa shape index (κ1) is 27.9. The second-order valence-electron chi connectivity index (χ2n) is 15.1. The highest BCUT2D eigenvalue weighted by molar-refractivity contribution is 5.96. The van der Waals surface area contributed by atoms with Gasteiger partial charge in [-0.25, -0.2) is 0 Å². The lowest BCUT2D eigenvalue weighted by atomic mass is 9.33. The van der Waals surface area contributed by atoms with Gasteiger partial charge in [0.05, 0.1) is 5.41 Å². The Morgan fingerprint density at radius 3 is 2.37 bits per heavy atom. The minimum Gasteiger partial charge on any atom is -0.481 e. The minimum absolute atomic E-state index is 0.0446. The van der Waals surface area contributed by atoms with Crippen molar-refractivity contribution in [1.29, 1.82) is 0 Å². The third-order valence-electron chi connectivity index (χ3n) is 13.6. The summed E-state index contributed by atoms with van der Waals surface area (Å²) in [6.07, 6.45) is 12.6. The van der Waals surface area contributed by atoms with E-state index in [1.807, 2.05) is 13.8 Å². The van der Waals surface area contributed by atoms with Crippen LogP contribution in [0.4, 0.5) is 0 Å². The van der Waals surface area contributed by atoms with Crippen LogP contribution < -0.4 is 0 Å². The molecule has 5 heteroatoms. The van der Waals surface area contributed by atoms with Gasteiger partial charge in [0.15, 0.2) is 5.78 Å². The van der Waals surface area contributed by atoms with Crippen molar-refractivity contribution in [1.82, 2.24) is 0 Å². The molecule has 11 atom stereocenters. The Balaban J connectivity index is 1.59. The number of aliphatic carboxylic acids is 1. The average Bonchev–Trinajstić information content (AvgIpc) is 2.84. The van der Waals surface area contributed by atoms with E-state index in [9.17, 15) is 14.7 Å². The lowest BCUT2D eigenvalue weighted by molar-refractivity contribution is -0.330. The number of rotatable bonds is 4. The van der Waals surface area contributed by atoms with E-state index >= 15 is 0 Å². The molecule has 5 aliphatic carbocycles. The molecule has 3 unspecified atom stereocenters. The van der Waals surface area contributed by atoms with Gasteiger partial charge in [0.2, 0.25) is 0 Å². The van der Waals surface area contributed by atoms with Crippen molar-refractivity contribution in [2.45, 2.75) is 113 Å². The molecule has 5 nitrogen and oxygen atoms in total. The zero-order chi connectivity index (χ0) is 27.9. The number of carboxylic acids is 1. The number of ketones is 1. The summed E-state index contributed by atoms with van der Waals surface area (Å²) in [4.78, 5) is 38.4. The number of hydrogen-bond acceptors (Lipinski definition) is 4. The Kier molecular flexibility index (Phi) is 6.57. The maximum atomic E-state index is 14.4. The molecule has 4 saturated carbocycles. The highest BCUT2D eigenvalue weighted by atomic mass is 17.2. The molecule has 0 heterocycles. The van der Waals surface area contributed by atoms with Gasteiger partial charge in [0.1, 0.15) is 12.4 Å². The first-order chi connectivity index (χ1) is 17.7. The highest BCUT2D eigenvalue weighted by Gasteiger charge is 2.72. The predicted octanol–water partition coefficient (Wildman–Crippen LogP) is 7.76. The lowest BCUT2D eigenvalue weighted by Gasteiger charge is -2.70. The third kappa shape index (κ3) is 3.45. The fourth-order valence-corrected chi connectivity index (χ4v) is 10.9. The van der Waals surface area contributed by atoms with Crippen LogP contribution in [0, 0.1) is 56.7 Å². The number of hydrogen-bond donors (Lipinski definition) is 1. The maximum absolute atomic E-state index is 14.4. The van der Waals surface area contributed by atoms with Crippen LogP contribution in [-0.2, 0) is 19.4 Å². The van der Waals surface area contributed by atoms with Crippen LogP contribution in [0.25, 0.3) is 0 Å². The van der Waals surface area contributed by atoms with Crippen molar-refractivity contribution < 1.29 is 24.5 Å². The molecular weight excluding hydrogens is 476 g/mol. The first-order valence-corrected chi connectivity index (χ1v) is 15.1. The van der Waals surface area contributed by atoms with Gasteiger partial charge in [-0.15, -0.1) is 0 Å². The van der Waals surface area contributed by atoms with Crippen LogP contribution in [0.5, 0.6) is 0 Å². The van der Waals surface area contributed by atoms with E-state index in [0.29, 0.717) is 24.2 Å². The Morgan fingerprint density at radius 1 is 1.00 bits per heavy atom. The van der Waals surface area contributed by atoms with E-state index in [1.165, 1.54) is 31.1 Å². The van der Waals surface area contributed by atoms with E-state index in [-0.39, 0.29) is 33.9 Å². The van der Waals surface area contributed by atoms with Crippen molar-refractivity contribution in [3.63, 3.8) is 0 Å². The standard InChI is InChI=1S/C33H50O5/c1-9-18-37-38-25-12-14-30(5)24(33(25,8)28(35)36)11-15-32(7)27(30)23(34)19-22-26-21(3)20(2)10-13-29(26,4)16-17-31(22,32)6/h9,18-21,24-27H,10-17H2,1-8H3,(H,35,36)/b18-9+/t20-,21+,24?,25-,26?,27?,29-,30+,31-,32-,33-/m1/s1. The van der Waals surface area contributed by atoms with Gasteiger partial charge in [-0.1, -0.05) is 47.1 Å². The summed E-state index contributed by atoms with van der Waals surface area (Å²) < 4.78 is 0. The van der Waals surface area contributed by atoms with Crippen molar-refractivity contribution in [3.8, 4) is 0 Å². The third-order valence-corrected chi connectivity index (χ3v) is 13.6. The topological polar surface area (TPSA) is 72.8 Å². The summed E-state index contributed by atoms with van der Waals surface area (Å²) in [5.74, 6) is 0.743. The summed E-state index contributed by atoms with van der Waals surface area (Å²) in [5.41, 5.74) is -0.0679. The Morgan fingerprint density at radius 2 is 1.71 bits per heavy atom. The molecule has 0 bridgehead atoms. The van der Waals surface area contributed by atoms with Crippen LogP contribution in [0.2, 0.25) is 0 Å². The van der Waals surface area contributed by atoms with E-state index in [0.717, 1.165) is 25.7 Å². The summed E-state index contributed by atoms with van der Waals surface area (Å²) in [5, 5.41) is 10.6. The zero-order valence-corrected chi connectivity index (χ0v) is 24.9. The van der Waals surface area contributed by atoms with Crippen LogP contribution >= 0.6 is 0 Å². The number of fused-ring (bicyclic) bond motifs is 7. The van der Waals surface area contributed by atoms with Crippen molar-refractivity contribution in [3.05, 3.63) is 24.0 Å². The maximum Gasteiger partial charge on any atom is 0.312 e. The van der Waals surface area contributed by atoms with Crippen LogP contribution in [0.1, 0.15) is 107 Å². The Labute approximate surface area is 229 Å². The normalized spacial score (nSPS) is 52.3. The van der Waals surface area contributed by atoms with Crippen LogP contribution in [-0.4, -0.2) is 23.0 Å². The monoisotopic (exact) mass is 526 g/mol. The van der Waals surface area contributed by atoms with Gasteiger partial charge in [-0.2, -0.15) is 4.89 Å². The molecule has 38 heavy (non-hydrogen) atoms. The molecule has 212 valence electrons. The zero-order valence-electron chi connectivity index (χ0n) is 24.9. The fourth-order valence-electron chi connectivity index (χ4n) is 10.9. The lowest BCUT2D eigenvalue weighted by Crippen LogP contribution is -2.68. The van der Waals surface area contributed by atoms with Gasteiger partial charge in [-0.3, -0.25) is 9.59 Å². The molecule has 5 aliphatic rings. The average molecular weight is 527 g/mol. The number of allylic oxidation sites excluding steroid dienone is 3. The van der Waals surface area contributed by atoms with Crippen LogP contribution in [0.15, 0.2) is 24.0 Å². The van der Waals surface area contributed by atoms with Gasteiger partial charge in [-0.05, 0) is 123 Å². The molecule has 0 aliphatic heterocycles. The van der Waals surface area contributed by atoms with Crippen LogP contribution in [0.3, 0.4) is 0 Å². The Bertz CT molecular complexity index is 1060. The molecule has 0 aromatic rings. The summed E-state index contributed by atoms with van der Waals surface area (Å²) in [6, 6.07) is 0. The molecule has 1 N–H and O–H groups in total. The van der Waals surface area contributed by atoms with E-state index in [4.69, 9.17) is 9.78 Å². The highest BCUT2D eigenvalue weighted by Crippen LogP contribution is 2.75.